The van der Waals surface area contributed by atoms with Gasteiger partial charge in [-0.05, 0) is 25.0 Å². The Morgan fingerprint density at radius 2 is 2.18 bits per heavy atom. The van der Waals surface area contributed by atoms with E-state index in [0.717, 1.165) is 22.4 Å². The first-order valence-electron chi connectivity index (χ1n) is 5.05. The zero-order valence-electron chi connectivity index (χ0n) is 10.3. The van der Waals surface area contributed by atoms with Crippen molar-refractivity contribution < 1.29 is 14.7 Å². The number of primary amides is 1. The molecule has 0 aliphatic carbocycles. The van der Waals surface area contributed by atoms with E-state index < -0.39 is 0 Å². The van der Waals surface area contributed by atoms with Gasteiger partial charge in [0.25, 0.3) is 0 Å². The lowest BCUT2D eigenvalue weighted by atomic mass is 10.00. The van der Waals surface area contributed by atoms with Crippen molar-refractivity contribution in [1.82, 2.24) is 0 Å². The number of benzene rings is 1. The molecule has 0 atom stereocenters. The molecule has 0 fully saturated rings. The zero-order valence-corrected chi connectivity index (χ0v) is 10.3. The third-order valence-electron chi connectivity index (χ3n) is 2.19. The number of oxime groups is 1. The molecule has 0 aliphatic rings. The Morgan fingerprint density at radius 3 is 2.65 bits per heavy atom. The second kappa shape index (κ2) is 8.29. The van der Waals surface area contributed by atoms with Crippen molar-refractivity contribution in [3.8, 4) is 0 Å². The fraction of sp³-hybridized carbons (Fsp3) is 0.333. The number of aliphatic hydroxyl groups is 1. The summed E-state index contributed by atoms with van der Waals surface area (Å²) in [7, 11) is 1.51. The molecule has 1 amide bonds. The first-order chi connectivity index (χ1) is 8.12. The molecule has 0 saturated carbocycles. The summed E-state index contributed by atoms with van der Waals surface area (Å²) in [6.07, 6.45) is 0.250. The third kappa shape index (κ3) is 4.65. The quantitative estimate of drug-likeness (QED) is 0.467. The molecule has 0 heterocycles. The molecular formula is C12H18N2O3. The minimum absolute atomic E-state index is 0.0264. The van der Waals surface area contributed by atoms with Gasteiger partial charge >= 0.3 is 0 Å². The summed E-state index contributed by atoms with van der Waals surface area (Å²) >= 11 is 0. The zero-order chi connectivity index (χ0) is 13.3. The van der Waals surface area contributed by atoms with Crippen molar-refractivity contribution in [3.05, 3.63) is 34.9 Å². The Morgan fingerprint density at radius 1 is 1.59 bits per heavy atom. The van der Waals surface area contributed by atoms with Crippen LogP contribution in [-0.4, -0.2) is 24.3 Å². The topological polar surface area (TPSA) is 84.9 Å². The van der Waals surface area contributed by atoms with E-state index in [2.05, 4.69) is 10.9 Å². The summed E-state index contributed by atoms with van der Waals surface area (Å²) in [5.74, 6) is 0. The lowest BCUT2D eigenvalue weighted by Crippen LogP contribution is -2.03. The van der Waals surface area contributed by atoms with Crippen LogP contribution in [0.25, 0.3) is 0 Å². The number of amides is 1. The van der Waals surface area contributed by atoms with Crippen molar-refractivity contribution in [1.29, 1.82) is 0 Å². The molecule has 3 N–H and O–H groups in total. The van der Waals surface area contributed by atoms with Gasteiger partial charge in [0.2, 0.25) is 6.41 Å². The van der Waals surface area contributed by atoms with Crippen molar-refractivity contribution in [2.75, 3.05) is 7.11 Å². The fourth-order valence-electron chi connectivity index (χ4n) is 1.44. The van der Waals surface area contributed by atoms with Gasteiger partial charge in [0, 0.05) is 5.56 Å². The monoisotopic (exact) mass is 238 g/mol. The molecule has 0 aliphatic heterocycles. The van der Waals surface area contributed by atoms with E-state index in [9.17, 15) is 5.11 Å². The predicted octanol–water partition coefficient (Wildman–Crippen LogP) is 0.959. The van der Waals surface area contributed by atoms with Gasteiger partial charge < -0.3 is 15.7 Å². The van der Waals surface area contributed by atoms with Gasteiger partial charge in [-0.3, -0.25) is 4.79 Å². The van der Waals surface area contributed by atoms with E-state index in [4.69, 9.17) is 9.63 Å². The number of aryl methyl sites for hydroxylation is 1. The largest absolute Gasteiger partial charge is 0.399 e. The number of nitrogens with zero attached hydrogens (tertiary/aromatic N) is 1. The van der Waals surface area contributed by atoms with Crippen LogP contribution >= 0.6 is 0 Å². The number of carbonyl (C=O) groups excluding carboxylic acids is 1. The van der Waals surface area contributed by atoms with E-state index in [0.29, 0.717) is 0 Å². The van der Waals surface area contributed by atoms with E-state index in [1.165, 1.54) is 7.11 Å². The Bertz CT molecular complexity index is 389. The van der Waals surface area contributed by atoms with Crippen LogP contribution in [0.15, 0.2) is 23.4 Å². The molecular weight excluding hydrogens is 220 g/mol. The maximum absolute atomic E-state index is 9.22. The Balaban J connectivity index is 0.000000770. The van der Waals surface area contributed by atoms with E-state index in [1.54, 1.807) is 0 Å². The van der Waals surface area contributed by atoms with Gasteiger partial charge in [-0.2, -0.15) is 0 Å². The standard InChI is InChI=1S/C11H15NO2.CH3NO/c1-8-5-4-6-10(11(8)7-13)9(2)12-14-3;2-1-3/h4-6,13H,7H2,1-3H3;1H,(H2,2,3)/b12-9-;. The summed E-state index contributed by atoms with van der Waals surface area (Å²) in [6.45, 7) is 3.85. The average molecular weight is 238 g/mol. The summed E-state index contributed by atoms with van der Waals surface area (Å²) in [5.41, 5.74) is 7.86. The molecule has 94 valence electrons. The molecule has 5 heteroatoms. The van der Waals surface area contributed by atoms with Crippen molar-refractivity contribution >= 4 is 12.1 Å². The molecule has 1 aromatic rings. The molecule has 5 nitrogen and oxygen atoms in total. The smallest absolute Gasteiger partial charge is 0.204 e. The van der Waals surface area contributed by atoms with Gasteiger partial charge in [-0.1, -0.05) is 23.4 Å². The van der Waals surface area contributed by atoms with Crippen LogP contribution in [0.5, 0.6) is 0 Å². The summed E-state index contributed by atoms with van der Waals surface area (Å²) in [6, 6.07) is 5.84. The molecule has 1 aromatic carbocycles. The van der Waals surface area contributed by atoms with Crippen molar-refractivity contribution in [3.63, 3.8) is 0 Å². The van der Waals surface area contributed by atoms with Gasteiger partial charge in [0.05, 0.1) is 12.3 Å². The fourth-order valence-corrected chi connectivity index (χ4v) is 1.44. The van der Waals surface area contributed by atoms with Crippen LogP contribution in [0.1, 0.15) is 23.6 Å². The highest BCUT2D eigenvalue weighted by molar-refractivity contribution is 5.99. The van der Waals surface area contributed by atoms with E-state index in [1.807, 2.05) is 32.0 Å². The third-order valence-corrected chi connectivity index (χ3v) is 2.19. The van der Waals surface area contributed by atoms with Crippen LogP contribution in [0, 0.1) is 6.92 Å². The molecule has 17 heavy (non-hydrogen) atoms. The van der Waals surface area contributed by atoms with Crippen LogP contribution in [0.2, 0.25) is 0 Å². The first-order valence-corrected chi connectivity index (χ1v) is 5.05. The minimum Gasteiger partial charge on any atom is -0.399 e. The molecule has 0 spiro atoms. The molecule has 1 rings (SSSR count). The number of hydrogen-bond acceptors (Lipinski definition) is 4. The second-order valence-electron chi connectivity index (χ2n) is 3.25. The number of hydrogen-bond donors (Lipinski definition) is 2. The molecule has 0 bridgehead atoms. The molecule has 0 saturated heterocycles. The molecule has 0 aromatic heterocycles. The van der Waals surface area contributed by atoms with Crippen LogP contribution < -0.4 is 5.73 Å². The highest BCUT2D eigenvalue weighted by Crippen LogP contribution is 2.15. The van der Waals surface area contributed by atoms with Crippen molar-refractivity contribution in [2.24, 2.45) is 10.9 Å². The molecule has 0 radical (unpaired) electrons. The van der Waals surface area contributed by atoms with Gasteiger partial charge in [-0.25, -0.2) is 0 Å². The Labute approximate surface area is 101 Å². The lowest BCUT2D eigenvalue weighted by Gasteiger charge is -2.09. The van der Waals surface area contributed by atoms with Gasteiger partial charge in [0.15, 0.2) is 0 Å². The van der Waals surface area contributed by atoms with Crippen LogP contribution in [0.4, 0.5) is 0 Å². The lowest BCUT2D eigenvalue weighted by molar-refractivity contribution is -0.106. The number of nitrogens with two attached hydrogens (primary N) is 1. The predicted molar refractivity (Wildman–Crippen MR) is 66.6 cm³/mol. The SMILES string of the molecule is CO/N=C(/C)c1cccc(C)c1CO.NC=O. The highest BCUT2D eigenvalue weighted by atomic mass is 16.6. The second-order valence-corrected chi connectivity index (χ2v) is 3.25. The number of aliphatic hydroxyl groups excluding tert-OH is 1. The first kappa shape index (κ1) is 15.1. The van der Waals surface area contributed by atoms with E-state index >= 15 is 0 Å². The average Bonchev–Trinajstić information content (AvgIpc) is 2.30. The van der Waals surface area contributed by atoms with Crippen molar-refractivity contribution in [2.45, 2.75) is 20.5 Å². The minimum atomic E-state index is 0.0264. The van der Waals surface area contributed by atoms with Crippen LogP contribution in [-0.2, 0) is 16.2 Å². The normalized spacial score (nSPS) is 10.2. The van der Waals surface area contributed by atoms with Gasteiger partial charge in [0.1, 0.15) is 7.11 Å². The number of carbonyl (C=O) groups is 1. The highest BCUT2D eigenvalue weighted by Gasteiger charge is 2.07. The maximum Gasteiger partial charge on any atom is 0.204 e. The van der Waals surface area contributed by atoms with Crippen LogP contribution in [0.3, 0.4) is 0 Å². The summed E-state index contributed by atoms with van der Waals surface area (Å²) < 4.78 is 0. The van der Waals surface area contributed by atoms with Gasteiger partial charge in [-0.15, -0.1) is 0 Å². The number of rotatable bonds is 3. The molecule has 0 unspecified atom stereocenters. The Hall–Kier alpha value is -1.88. The summed E-state index contributed by atoms with van der Waals surface area (Å²) in [4.78, 5) is 13.3. The Kier molecular flexibility index (Phi) is 7.38. The summed E-state index contributed by atoms with van der Waals surface area (Å²) in [5, 5.41) is 13.1. The van der Waals surface area contributed by atoms with E-state index in [-0.39, 0.29) is 13.0 Å². The maximum atomic E-state index is 9.22.